The third-order valence-electron chi connectivity index (χ3n) is 14.7. The summed E-state index contributed by atoms with van der Waals surface area (Å²) in [5, 5.41) is 4.77. The van der Waals surface area contributed by atoms with Crippen LogP contribution < -0.4 is 4.90 Å². The highest BCUT2D eigenvalue weighted by Gasteiger charge is 2.45. The van der Waals surface area contributed by atoms with Crippen LogP contribution in [0.5, 0.6) is 0 Å². The second-order valence-corrected chi connectivity index (χ2v) is 18.4. The van der Waals surface area contributed by atoms with Crippen molar-refractivity contribution in [3.8, 4) is 39.1 Å². The first-order chi connectivity index (χ1) is 34.7. The number of furan rings is 1. The SMILES string of the molecule is c1ccc(C2(c3ccc(N(c4ccc(-c5ccc(-n6c7ccccc7c7ccccc76)cc5)cc4)c4cccc(-c5cccc6c5oc5ccccc56)c4)cc3)c3ccccc3-c3ccccc32)cc1. The Morgan fingerprint density at radius 2 is 0.829 bits per heavy atom. The van der Waals surface area contributed by atoms with Crippen molar-refractivity contribution >= 4 is 60.8 Å². The van der Waals surface area contributed by atoms with Crippen LogP contribution in [0.4, 0.5) is 17.1 Å². The molecule has 1 aliphatic carbocycles. The molecule has 0 aliphatic heterocycles. The third kappa shape index (κ3) is 6.08. The fourth-order valence-corrected chi connectivity index (χ4v) is 11.6. The van der Waals surface area contributed by atoms with Crippen LogP contribution in [-0.4, -0.2) is 4.57 Å². The van der Waals surface area contributed by atoms with Gasteiger partial charge in [0.1, 0.15) is 11.2 Å². The first-order valence-corrected chi connectivity index (χ1v) is 24.1. The van der Waals surface area contributed by atoms with Crippen molar-refractivity contribution in [3.05, 3.63) is 289 Å². The lowest BCUT2D eigenvalue weighted by Crippen LogP contribution is -2.28. The van der Waals surface area contributed by atoms with E-state index in [0.717, 1.165) is 66.9 Å². The van der Waals surface area contributed by atoms with Gasteiger partial charge in [0.05, 0.1) is 16.4 Å². The standard InChI is InChI=1S/C67H44N2O/c1-2-17-48(18-3-1)67(61-27-9-4-20-55(61)56-21-5-10-28-62(56)67)49-36-42-51(43-37-49)68(53-19-14-16-47(44-53)54-25-15-26-60-59-24-8-13-31-65(59)70-66(54)60)50-38-32-45(33-39-50)46-34-40-52(41-35-46)69-63-29-11-6-22-57(63)58-23-7-12-30-64(58)69/h1-44H. The molecule has 0 amide bonds. The molecule has 11 aromatic carbocycles. The van der Waals surface area contributed by atoms with Gasteiger partial charge in [-0.1, -0.05) is 200 Å². The van der Waals surface area contributed by atoms with Crippen molar-refractivity contribution in [3.63, 3.8) is 0 Å². The quantitative estimate of drug-likeness (QED) is 0.152. The normalized spacial score (nSPS) is 12.7. The highest BCUT2D eigenvalue weighted by Crippen LogP contribution is 2.56. The minimum Gasteiger partial charge on any atom is -0.455 e. The molecule has 0 N–H and O–H groups in total. The summed E-state index contributed by atoms with van der Waals surface area (Å²) in [6.07, 6.45) is 0. The monoisotopic (exact) mass is 892 g/mol. The molecule has 0 radical (unpaired) electrons. The van der Waals surface area contributed by atoms with Gasteiger partial charge in [0.15, 0.2) is 0 Å². The number of hydrogen-bond acceptors (Lipinski definition) is 2. The minimum absolute atomic E-state index is 0.484. The van der Waals surface area contributed by atoms with E-state index in [0.29, 0.717) is 0 Å². The van der Waals surface area contributed by atoms with Gasteiger partial charge in [-0.3, -0.25) is 0 Å². The predicted octanol–water partition coefficient (Wildman–Crippen LogP) is 17.8. The zero-order valence-corrected chi connectivity index (χ0v) is 38.2. The van der Waals surface area contributed by atoms with E-state index in [2.05, 4.69) is 270 Å². The van der Waals surface area contributed by atoms with E-state index in [1.807, 2.05) is 6.07 Å². The average molecular weight is 893 g/mol. The summed E-state index contributed by atoms with van der Waals surface area (Å²) in [4.78, 5) is 2.38. The zero-order valence-electron chi connectivity index (χ0n) is 38.2. The molecule has 328 valence electrons. The Labute approximate surface area is 406 Å². The predicted molar refractivity (Wildman–Crippen MR) is 291 cm³/mol. The van der Waals surface area contributed by atoms with Gasteiger partial charge in [-0.2, -0.15) is 0 Å². The summed E-state index contributed by atoms with van der Waals surface area (Å²) in [5.74, 6) is 0. The molecule has 3 heteroatoms. The van der Waals surface area contributed by atoms with Crippen molar-refractivity contribution in [2.24, 2.45) is 0 Å². The highest BCUT2D eigenvalue weighted by atomic mass is 16.3. The number of benzene rings is 11. The molecule has 70 heavy (non-hydrogen) atoms. The van der Waals surface area contributed by atoms with Gasteiger partial charge in [-0.05, 0) is 117 Å². The van der Waals surface area contributed by atoms with E-state index in [-0.39, 0.29) is 0 Å². The van der Waals surface area contributed by atoms with Crippen molar-refractivity contribution < 1.29 is 4.42 Å². The maximum absolute atomic E-state index is 6.57. The Bertz CT molecular complexity index is 4010. The van der Waals surface area contributed by atoms with Gasteiger partial charge in [-0.15, -0.1) is 0 Å². The highest BCUT2D eigenvalue weighted by molar-refractivity contribution is 6.10. The maximum atomic E-state index is 6.57. The van der Waals surface area contributed by atoms with E-state index < -0.39 is 5.41 Å². The molecule has 0 saturated carbocycles. The summed E-state index contributed by atoms with van der Waals surface area (Å²) in [5.41, 5.74) is 20.2. The fourth-order valence-electron chi connectivity index (χ4n) is 11.6. The topological polar surface area (TPSA) is 21.3 Å². The van der Waals surface area contributed by atoms with Crippen LogP contribution >= 0.6 is 0 Å². The molecule has 2 aromatic heterocycles. The first kappa shape index (κ1) is 39.9. The van der Waals surface area contributed by atoms with Crippen LogP contribution in [0.2, 0.25) is 0 Å². The van der Waals surface area contributed by atoms with Crippen LogP contribution in [0.3, 0.4) is 0 Å². The van der Waals surface area contributed by atoms with E-state index in [1.165, 1.54) is 55.2 Å². The van der Waals surface area contributed by atoms with Gasteiger partial charge < -0.3 is 13.9 Å². The van der Waals surface area contributed by atoms with Crippen LogP contribution in [0.25, 0.3) is 82.8 Å². The molecule has 0 atom stereocenters. The number of aromatic nitrogens is 1. The van der Waals surface area contributed by atoms with E-state index in [9.17, 15) is 0 Å². The summed E-state index contributed by atoms with van der Waals surface area (Å²) < 4.78 is 8.94. The second-order valence-electron chi connectivity index (χ2n) is 18.4. The summed E-state index contributed by atoms with van der Waals surface area (Å²) >= 11 is 0. The lowest BCUT2D eigenvalue weighted by Gasteiger charge is -2.34. The molecule has 14 rings (SSSR count). The average Bonchev–Trinajstić information content (AvgIpc) is 4.09. The third-order valence-corrected chi connectivity index (χ3v) is 14.7. The molecular weight excluding hydrogens is 849 g/mol. The van der Waals surface area contributed by atoms with Crippen LogP contribution in [0.1, 0.15) is 22.3 Å². The van der Waals surface area contributed by atoms with Crippen LogP contribution in [-0.2, 0) is 5.41 Å². The molecule has 0 saturated heterocycles. The lowest BCUT2D eigenvalue weighted by atomic mass is 9.68. The van der Waals surface area contributed by atoms with Gasteiger partial charge >= 0.3 is 0 Å². The van der Waals surface area contributed by atoms with Gasteiger partial charge in [0, 0.05) is 49.9 Å². The number of anilines is 3. The largest absolute Gasteiger partial charge is 0.455 e. The van der Waals surface area contributed by atoms with Gasteiger partial charge in [0.2, 0.25) is 0 Å². The van der Waals surface area contributed by atoms with Crippen molar-refractivity contribution in [1.29, 1.82) is 0 Å². The molecule has 2 heterocycles. The molecular formula is C67H44N2O. The van der Waals surface area contributed by atoms with Crippen molar-refractivity contribution in [1.82, 2.24) is 4.57 Å². The van der Waals surface area contributed by atoms with E-state index >= 15 is 0 Å². The van der Waals surface area contributed by atoms with Crippen molar-refractivity contribution in [2.45, 2.75) is 5.41 Å². The number of hydrogen-bond donors (Lipinski definition) is 0. The molecule has 0 spiro atoms. The zero-order chi connectivity index (χ0) is 46.2. The molecule has 3 nitrogen and oxygen atoms in total. The van der Waals surface area contributed by atoms with Gasteiger partial charge in [0.25, 0.3) is 0 Å². The molecule has 1 aliphatic rings. The van der Waals surface area contributed by atoms with Crippen LogP contribution in [0.15, 0.2) is 271 Å². The summed E-state index contributed by atoms with van der Waals surface area (Å²) in [6.45, 7) is 0. The van der Waals surface area contributed by atoms with Crippen LogP contribution in [0, 0.1) is 0 Å². The first-order valence-electron chi connectivity index (χ1n) is 24.1. The molecule has 0 bridgehead atoms. The van der Waals surface area contributed by atoms with E-state index in [4.69, 9.17) is 4.42 Å². The Kier molecular flexibility index (Phi) is 9.11. The minimum atomic E-state index is -0.484. The Morgan fingerprint density at radius 3 is 1.50 bits per heavy atom. The number of para-hydroxylation sites is 4. The number of nitrogens with zero attached hydrogens (tertiary/aromatic N) is 2. The molecule has 0 fully saturated rings. The number of fused-ring (bicyclic) bond motifs is 9. The maximum Gasteiger partial charge on any atom is 0.143 e. The number of rotatable bonds is 8. The fraction of sp³-hybridized carbons (Fsp3) is 0.0149. The summed E-state index contributed by atoms with van der Waals surface area (Å²) in [7, 11) is 0. The smallest absolute Gasteiger partial charge is 0.143 e. The lowest BCUT2D eigenvalue weighted by molar-refractivity contribution is 0.670. The van der Waals surface area contributed by atoms with Gasteiger partial charge in [-0.25, -0.2) is 0 Å². The molecule has 0 unspecified atom stereocenters. The van der Waals surface area contributed by atoms with Crippen molar-refractivity contribution in [2.75, 3.05) is 4.90 Å². The second kappa shape index (κ2) is 16.0. The Balaban J connectivity index is 0.888. The Morgan fingerprint density at radius 1 is 0.329 bits per heavy atom. The Hall–Kier alpha value is -9.18. The van der Waals surface area contributed by atoms with E-state index in [1.54, 1.807) is 0 Å². The summed E-state index contributed by atoms with van der Waals surface area (Å²) in [6, 6.07) is 97.2. The molecule has 13 aromatic rings.